The summed E-state index contributed by atoms with van der Waals surface area (Å²) in [6.07, 6.45) is 0.880. The molecule has 3 heteroatoms. The Kier molecular flexibility index (Phi) is 4.42. The first-order valence-electron chi connectivity index (χ1n) is 6.41. The van der Waals surface area contributed by atoms with Gasteiger partial charge in [-0.1, -0.05) is 30.3 Å². The summed E-state index contributed by atoms with van der Waals surface area (Å²) < 4.78 is 5.15. The zero-order chi connectivity index (χ0) is 13.7. The zero-order valence-corrected chi connectivity index (χ0v) is 11.4. The molecule has 0 bridgehead atoms. The summed E-state index contributed by atoms with van der Waals surface area (Å²) in [5.41, 5.74) is 11.2. The Morgan fingerprint density at radius 1 is 1.11 bits per heavy atom. The molecular weight excluding hydrogens is 236 g/mol. The SMILES string of the molecule is COCCc1ccccc1Nc1c(C)cccc1N. The maximum Gasteiger partial charge on any atom is 0.0647 e. The van der Waals surface area contributed by atoms with E-state index in [1.54, 1.807) is 7.11 Å². The average Bonchev–Trinajstić information content (AvgIpc) is 2.42. The Bertz CT molecular complexity index is 532. The monoisotopic (exact) mass is 256 g/mol. The predicted octanol–water partition coefficient (Wildman–Crippen LogP) is 3.51. The van der Waals surface area contributed by atoms with Crippen molar-refractivity contribution >= 4 is 17.1 Å². The van der Waals surface area contributed by atoms with Crippen LogP contribution >= 0.6 is 0 Å². The number of ether oxygens (including phenoxy) is 1. The molecule has 0 aliphatic carbocycles. The fourth-order valence-corrected chi connectivity index (χ4v) is 2.07. The van der Waals surface area contributed by atoms with E-state index < -0.39 is 0 Å². The molecule has 0 fully saturated rings. The normalized spacial score (nSPS) is 10.4. The summed E-state index contributed by atoms with van der Waals surface area (Å²) in [6, 6.07) is 14.2. The molecule has 2 aromatic carbocycles. The van der Waals surface area contributed by atoms with Crippen molar-refractivity contribution in [3.63, 3.8) is 0 Å². The van der Waals surface area contributed by atoms with E-state index in [1.165, 1.54) is 5.56 Å². The molecule has 0 atom stereocenters. The van der Waals surface area contributed by atoms with Crippen molar-refractivity contribution in [2.75, 3.05) is 24.8 Å². The molecule has 0 unspecified atom stereocenters. The van der Waals surface area contributed by atoms with Crippen molar-refractivity contribution in [2.24, 2.45) is 0 Å². The fraction of sp³-hybridized carbons (Fsp3) is 0.250. The largest absolute Gasteiger partial charge is 0.397 e. The van der Waals surface area contributed by atoms with Gasteiger partial charge in [-0.05, 0) is 36.6 Å². The van der Waals surface area contributed by atoms with Gasteiger partial charge in [-0.2, -0.15) is 0 Å². The lowest BCUT2D eigenvalue weighted by atomic mass is 10.1. The van der Waals surface area contributed by atoms with Gasteiger partial charge in [0.15, 0.2) is 0 Å². The van der Waals surface area contributed by atoms with E-state index in [4.69, 9.17) is 10.5 Å². The number of nitrogen functional groups attached to an aromatic ring is 1. The molecule has 0 radical (unpaired) electrons. The Morgan fingerprint density at radius 2 is 1.89 bits per heavy atom. The second-order valence-corrected chi connectivity index (χ2v) is 4.56. The number of hydrogen-bond donors (Lipinski definition) is 2. The number of anilines is 3. The van der Waals surface area contributed by atoms with Gasteiger partial charge in [0.05, 0.1) is 18.0 Å². The number of aryl methyl sites for hydroxylation is 1. The fourth-order valence-electron chi connectivity index (χ4n) is 2.07. The maximum atomic E-state index is 6.03. The van der Waals surface area contributed by atoms with Crippen LogP contribution < -0.4 is 11.1 Å². The Hall–Kier alpha value is -2.00. The van der Waals surface area contributed by atoms with E-state index in [2.05, 4.69) is 30.4 Å². The molecule has 100 valence electrons. The van der Waals surface area contributed by atoms with Gasteiger partial charge < -0.3 is 15.8 Å². The van der Waals surface area contributed by atoms with Gasteiger partial charge in [0, 0.05) is 12.8 Å². The number of hydrogen-bond acceptors (Lipinski definition) is 3. The molecule has 0 aromatic heterocycles. The van der Waals surface area contributed by atoms with Crippen molar-refractivity contribution in [2.45, 2.75) is 13.3 Å². The van der Waals surface area contributed by atoms with Crippen LogP contribution in [-0.2, 0) is 11.2 Å². The summed E-state index contributed by atoms with van der Waals surface area (Å²) in [5, 5.41) is 3.44. The molecule has 19 heavy (non-hydrogen) atoms. The van der Waals surface area contributed by atoms with E-state index >= 15 is 0 Å². The highest BCUT2D eigenvalue weighted by Crippen LogP contribution is 2.28. The minimum absolute atomic E-state index is 0.710. The predicted molar refractivity (Wildman–Crippen MR) is 80.9 cm³/mol. The second-order valence-electron chi connectivity index (χ2n) is 4.56. The van der Waals surface area contributed by atoms with Gasteiger partial charge in [0.2, 0.25) is 0 Å². The van der Waals surface area contributed by atoms with Crippen molar-refractivity contribution < 1.29 is 4.74 Å². The van der Waals surface area contributed by atoms with E-state index in [-0.39, 0.29) is 0 Å². The molecule has 0 saturated carbocycles. The zero-order valence-electron chi connectivity index (χ0n) is 11.4. The van der Waals surface area contributed by atoms with Gasteiger partial charge in [-0.3, -0.25) is 0 Å². The molecule has 0 heterocycles. The van der Waals surface area contributed by atoms with E-state index in [1.807, 2.05) is 24.3 Å². The van der Waals surface area contributed by atoms with Crippen LogP contribution in [0.15, 0.2) is 42.5 Å². The molecule has 3 nitrogen and oxygen atoms in total. The van der Waals surface area contributed by atoms with Crippen LogP contribution in [-0.4, -0.2) is 13.7 Å². The molecule has 0 spiro atoms. The van der Waals surface area contributed by atoms with Crippen LogP contribution in [0.1, 0.15) is 11.1 Å². The lowest BCUT2D eigenvalue weighted by molar-refractivity contribution is 0.202. The highest BCUT2D eigenvalue weighted by atomic mass is 16.5. The Balaban J connectivity index is 2.28. The minimum Gasteiger partial charge on any atom is -0.397 e. The first-order chi connectivity index (χ1) is 9.22. The minimum atomic E-state index is 0.710. The summed E-state index contributed by atoms with van der Waals surface area (Å²) in [6.45, 7) is 2.76. The number of benzene rings is 2. The number of rotatable bonds is 5. The lowest BCUT2D eigenvalue weighted by Crippen LogP contribution is -2.03. The number of nitrogens with one attached hydrogen (secondary N) is 1. The molecular formula is C16H20N2O. The van der Waals surface area contributed by atoms with Crippen molar-refractivity contribution in [1.82, 2.24) is 0 Å². The molecule has 0 amide bonds. The smallest absolute Gasteiger partial charge is 0.0647 e. The summed E-state index contributed by atoms with van der Waals surface area (Å²) in [5.74, 6) is 0. The highest BCUT2D eigenvalue weighted by molar-refractivity contribution is 5.76. The van der Waals surface area contributed by atoms with Gasteiger partial charge >= 0.3 is 0 Å². The molecule has 2 rings (SSSR count). The first kappa shape index (κ1) is 13.4. The summed E-state index contributed by atoms with van der Waals surface area (Å²) in [4.78, 5) is 0. The van der Waals surface area contributed by atoms with Crippen molar-refractivity contribution in [1.29, 1.82) is 0 Å². The molecule has 2 aromatic rings. The third kappa shape index (κ3) is 3.26. The van der Waals surface area contributed by atoms with E-state index in [0.717, 1.165) is 29.0 Å². The third-order valence-electron chi connectivity index (χ3n) is 3.16. The molecule has 0 saturated heterocycles. The quantitative estimate of drug-likeness (QED) is 0.805. The van der Waals surface area contributed by atoms with E-state index in [0.29, 0.717) is 6.61 Å². The average molecular weight is 256 g/mol. The van der Waals surface area contributed by atoms with Crippen LogP contribution in [0.2, 0.25) is 0 Å². The van der Waals surface area contributed by atoms with Gasteiger partial charge in [0.25, 0.3) is 0 Å². The Morgan fingerprint density at radius 3 is 2.63 bits per heavy atom. The van der Waals surface area contributed by atoms with E-state index in [9.17, 15) is 0 Å². The lowest BCUT2D eigenvalue weighted by Gasteiger charge is -2.15. The highest BCUT2D eigenvalue weighted by Gasteiger charge is 2.06. The first-order valence-corrected chi connectivity index (χ1v) is 6.41. The molecule has 3 N–H and O–H groups in total. The van der Waals surface area contributed by atoms with Crippen LogP contribution in [0.25, 0.3) is 0 Å². The summed E-state index contributed by atoms with van der Waals surface area (Å²) >= 11 is 0. The Labute approximate surface area is 114 Å². The van der Waals surface area contributed by atoms with Crippen LogP contribution in [0.4, 0.5) is 17.1 Å². The van der Waals surface area contributed by atoms with Gasteiger partial charge in [-0.15, -0.1) is 0 Å². The van der Waals surface area contributed by atoms with Gasteiger partial charge in [0.1, 0.15) is 0 Å². The maximum absolute atomic E-state index is 6.03. The molecule has 0 aliphatic rings. The third-order valence-corrected chi connectivity index (χ3v) is 3.16. The standard InChI is InChI=1S/C16H20N2O/c1-12-6-5-8-14(17)16(12)18-15-9-4-3-7-13(15)10-11-19-2/h3-9,18H,10-11,17H2,1-2H3. The van der Waals surface area contributed by atoms with Crippen LogP contribution in [0.5, 0.6) is 0 Å². The van der Waals surface area contributed by atoms with Crippen molar-refractivity contribution in [3.8, 4) is 0 Å². The number of methoxy groups -OCH3 is 1. The molecule has 0 aliphatic heterocycles. The van der Waals surface area contributed by atoms with Crippen LogP contribution in [0.3, 0.4) is 0 Å². The van der Waals surface area contributed by atoms with Crippen LogP contribution in [0, 0.1) is 6.92 Å². The number of para-hydroxylation sites is 2. The number of nitrogens with two attached hydrogens (primary N) is 1. The second kappa shape index (κ2) is 6.25. The van der Waals surface area contributed by atoms with Gasteiger partial charge in [-0.25, -0.2) is 0 Å². The topological polar surface area (TPSA) is 47.3 Å². The van der Waals surface area contributed by atoms with Crippen molar-refractivity contribution in [3.05, 3.63) is 53.6 Å². The summed E-state index contributed by atoms with van der Waals surface area (Å²) in [7, 11) is 1.72.